The van der Waals surface area contributed by atoms with Gasteiger partial charge in [-0.15, -0.1) is 0 Å². The van der Waals surface area contributed by atoms with Gasteiger partial charge < -0.3 is 21.1 Å². The number of carbonyl (C=O) groups excluding carboxylic acids is 1. The highest BCUT2D eigenvalue weighted by Crippen LogP contribution is 2.48. The van der Waals surface area contributed by atoms with Crippen LogP contribution in [0.25, 0.3) is 0 Å². The fraction of sp³-hybridized carbons (Fsp3) is 0.579. The number of nitrogens with one attached hydrogen (secondary N) is 3. The lowest BCUT2D eigenvalue weighted by Crippen LogP contribution is -2.51. The molecule has 1 aromatic carbocycles. The van der Waals surface area contributed by atoms with Crippen LogP contribution >= 0.6 is 11.6 Å². The van der Waals surface area contributed by atoms with Crippen molar-refractivity contribution in [1.29, 1.82) is 5.41 Å². The Kier molecular flexibility index (Phi) is 4.58. The van der Waals surface area contributed by atoms with E-state index in [4.69, 9.17) is 17.0 Å². The highest BCUT2D eigenvalue weighted by atomic mass is 35.5. The molecule has 1 heterocycles. The van der Waals surface area contributed by atoms with Gasteiger partial charge in [-0.05, 0) is 56.7 Å². The zero-order valence-corrected chi connectivity index (χ0v) is 15.7. The number of benzene rings is 1. The molecule has 3 atom stereocenters. The molecule has 1 unspecified atom stereocenters. The number of para-hydroxylation sites is 1. The van der Waals surface area contributed by atoms with Crippen molar-refractivity contribution in [3.8, 4) is 5.75 Å². The summed E-state index contributed by atoms with van der Waals surface area (Å²) >= 11 is 5.95. The fourth-order valence-electron chi connectivity index (χ4n) is 4.25. The fourth-order valence-corrected chi connectivity index (χ4v) is 4.42. The Morgan fingerprint density at radius 3 is 2.88 bits per heavy atom. The minimum Gasteiger partial charge on any atom is -0.506 e. The van der Waals surface area contributed by atoms with E-state index in [9.17, 15) is 9.90 Å². The molecule has 25 heavy (non-hydrogen) atoms. The molecule has 0 radical (unpaired) electrons. The minimum atomic E-state index is -0.893. The first kappa shape index (κ1) is 18.2. The Bertz CT molecular complexity index is 719. The Balaban J connectivity index is 1.72. The monoisotopic (exact) mass is 363 g/mol. The summed E-state index contributed by atoms with van der Waals surface area (Å²) in [7, 11) is 0. The van der Waals surface area contributed by atoms with Crippen molar-refractivity contribution in [2.24, 2.45) is 17.3 Å². The number of halogens is 1. The maximum absolute atomic E-state index is 12.8. The Labute approximate surface area is 153 Å². The molecule has 4 N–H and O–H groups in total. The summed E-state index contributed by atoms with van der Waals surface area (Å²) in [5.41, 5.74) is -0.203. The molecule has 2 fully saturated rings. The number of hydrogen-bond donors (Lipinski definition) is 4. The summed E-state index contributed by atoms with van der Waals surface area (Å²) < 4.78 is 0. The number of phenolic OH excluding ortho intramolecular Hbond substituents is 1. The van der Waals surface area contributed by atoms with Gasteiger partial charge in [-0.2, -0.15) is 0 Å². The quantitative estimate of drug-likeness (QED) is 0.620. The first-order valence-electron chi connectivity index (χ1n) is 8.74. The standard InChI is InChI=1S/C19H26ClN3O2/c1-18(2,16(21)13-5-4-6-14(20)15(13)24)23-17(25)11-7-12-9-22-10-19(12,3)8-11/h4-6,11-12,21-22,24H,7-10H2,1-3H3,(H,23,25)/t11-,12+,19?/m0/s1. The van der Waals surface area contributed by atoms with E-state index in [-0.39, 0.29) is 33.7 Å². The van der Waals surface area contributed by atoms with Crippen LogP contribution in [0.15, 0.2) is 18.2 Å². The Morgan fingerprint density at radius 2 is 2.20 bits per heavy atom. The first-order valence-corrected chi connectivity index (χ1v) is 9.11. The van der Waals surface area contributed by atoms with E-state index in [0.29, 0.717) is 11.5 Å². The first-order chi connectivity index (χ1) is 11.6. The van der Waals surface area contributed by atoms with Gasteiger partial charge in [0.25, 0.3) is 0 Å². The predicted octanol–water partition coefficient (Wildman–Crippen LogP) is 2.94. The molecule has 1 saturated carbocycles. The van der Waals surface area contributed by atoms with Gasteiger partial charge in [0.15, 0.2) is 0 Å². The van der Waals surface area contributed by atoms with E-state index in [1.165, 1.54) is 0 Å². The molecule has 0 aromatic heterocycles. The Morgan fingerprint density at radius 1 is 1.48 bits per heavy atom. The highest BCUT2D eigenvalue weighted by molar-refractivity contribution is 6.32. The highest BCUT2D eigenvalue weighted by Gasteiger charge is 2.49. The largest absolute Gasteiger partial charge is 0.506 e. The smallest absolute Gasteiger partial charge is 0.223 e. The third-order valence-electron chi connectivity index (χ3n) is 5.87. The summed E-state index contributed by atoms with van der Waals surface area (Å²) in [5.74, 6) is 0.400. The van der Waals surface area contributed by atoms with Gasteiger partial charge in [0.1, 0.15) is 5.75 Å². The number of rotatable bonds is 4. The second-order valence-electron chi connectivity index (χ2n) is 8.24. The minimum absolute atomic E-state index is 0.00751. The van der Waals surface area contributed by atoms with E-state index >= 15 is 0 Å². The topological polar surface area (TPSA) is 85.2 Å². The van der Waals surface area contributed by atoms with Crippen molar-refractivity contribution < 1.29 is 9.90 Å². The van der Waals surface area contributed by atoms with Crippen molar-refractivity contribution in [2.75, 3.05) is 13.1 Å². The molecular formula is C19H26ClN3O2. The zero-order chi connectivity index (χ0) is 18.4. The van der Waals surface area contributed by atoms with E-state index in [2.05, 4.69) is 17.6 Å². The molecule has 5 nitrogen and oxygen atoms in total. The summed E-state index contributed by atoms with van der Waals surface area (Å²) in [6, 6.07) is 4.91. The zero-order valence-electron chi connectivity index (χ0n) is 14.9. The third-order valence-corrected chi connectivity index (χ3v) is 6.18. The Hall–Kier alpha value is -1.59. The number of aromatic hydroxyl groups is 1. The predicted molar refractivity (Wildman–Crippen MR) is 99.4 cm³/mol. The van der Waals surface area contributed by atoms with E-state index < -0.39 is 5.54 Å². The molecule has 1 aliphatic carbocycles. The summed E-state index contributed by atoms with van der Waals surface area (Å²) in [5, 5.41) is 25.2. The number of carbonyl (C=O) groups is 1. The average molecular weight is 364 g/mol. The third kappa shape index (κ3) is 3.27. The molecule has 2 aliphatic rings. The van der Waals surface area contributed by atoms with Gasteiger partial charge in [0, 0.05) is 18.0 Å². The number of hydrogen-bond acceptors (Lipinski definition) is 4. The van der Waals surface area contributed by atoms with Crippen molar-refractivity contribution in [2.45, 2.75) is 39.2 Å². The van der Waals surface area contributed by atoms with Gasteiger partial charge in [-0.1, -0.05) is 24.6 Å². The van der Waals surface area contributed by atoms with Gasteiger partial charge in [0.05, 0.1) is 16.3 Å². The second-order valence-corrected chi connectivity index (χ2v) is 8.65. The van der Waals surface area contributed by atoms with Crippen LogP contribution in [0.1, 0.15) is 39.2 Å². The summed E-state index contributed by atoms with van der Waals surface area (Å²) in [6.07, 6.45) is 1.77. The summed E-state index contributed by atoms with van der Waals surface area (Å²) in [6.45, 7) is 7.77. The van der Waals surface area contributed by atoms with Crippen molar-refractivity contribution in [3.05, 3.63) is 28.8 Å². The van der Waals surface area contributed by atoms with Crippen LogP contribution in [-0.4, -0.2) is 35.4 Å². The summed E-state index contributed by atoms with van der Waals surface area (Å²) in [4.78, 5) is 12.8. The average Bonchev–Trinajstić information content (AvgIpc) is 3.03. The van der Waals surface area contributed by atoms with Crippen LogP contribution in [0, 0.1) is 22.7 Å². The lowest BCUT2D eigenvalue weighted by molar-refractivity contribution is -0.126. The molecule has 1 amide bonds. The SMILES string of the molecule is CC(C)(NC(=O)[C@H]1C[C@@H]2CNCC2(C)C1)C(=N)c1cccc(Cl)c1O. The van der Waals surface area contributed by atoms with Crippen LogP contribution in [0.4, 0.5) is 0 Å². The normalized spacial score (nSPS) is 28.6. The molecule has 3 rings (SSSR count). The van der Waals surface area contributed by atoms with Gasteiger partial charge in [0.2, 0.25) is 5.91 Å². The lowest BCUT2D eigenvalue weighted by Gasteiger charge is -2.29. The van der Waals surface area contributed by atoms with Crippen LogP contribution in [0.5, 0.6) is 5.75 Å². The maximum atomic E-state index is 12.8. The van der Waals surface area contributed by atoms with E-state index in [1.54, 1.807) is 32.0 Å². The second kappa shape index (κ2) is 6.29. The maximum Gasteiger partial charge on any atom is 0.223 e. The van der Waals surface area contributed by atoms with Crippen LogP contribution < -0.4 is 10.6 Å². The van der Waals surface area contributed by atoms with Crippen LogP contribution in [-0.2, 0) is 4.79 Å². The molecule has 1 saturated heterocycles. The molecule has 1 aliphatic heterocycles. The number of fused-ring (bicyclic) bond motifs is 1. The van der Waals surface area contributed by atoms with Crippen molar-refractivity contribution in [1.82, 2.24) is 10.6 Å². The lowest BCUT2D eigenvalue weighted by atomic mass is 9.83. The molecule has 0 spiro atoms. The molecular weight excluding hydrogens is 338 g/mol. The number of amides is 1. The van der Waals surface area contributed by atoms with Crippen LogP contribution in [0.3, 0.4) is 0 Å². The molecule has 136 valence electrons. The van der Waals surface area contributed by atoms with E-state index in [0.717, 1.165) is 25.9 Å². The van der Waals surface area contributed by atoms with Crippen molar-refractivity contribution >= 4 is 23.2 Å². The van der Waals surface area contributed by atoms with Gasteiger partial charge >= 0.3 is 0 Å². The van der Waals surface area contributed by atoms with Gasteiger partial charge in [-0.25, -0.2) is 0 Å². The molecule has 6 heteroatoms. The number of phenols is 1. The van der Waals surface area contributed by atoms with Crippen LogP contribution in [0.2, 0.25) is 5.02 Å². The van der Waals surface area contributed by atoms with E-state index in [1.807, 2.05) is 0 Å². The molecule has 1 aromatic rings. The molecule has 0 bridgehead atoms. The van der Waals surface area contributed by atoms with Crippen molar-refractivity contribution in [3.63, 3.8) is 0 Å². The van der Waals surface area contributed by atoms with Gasteiger partial charge in [-0.3, -0.25) is 4.79 Å².